The van der Waals surface area contributed by atoms with E-state index in [4.69, 9.17) is 4.98 Å². The first-order valence-corrected chi connectivity index (χ1v) is 21.7. The Morgan fingerprint density at radius 1 is 0.483 bits per heavy atom. The van der Waals surface area contributed by atoms with E-state index in [9.17, 15) is 0 Å². The number of pyridine rings is 1. The largest absolute Gasteiger partial charge is 0.296 e. The van der Waals surface area contributed by atoms with E-state index in [1.165, 1.54) is 86.8 Å². The van der Waals surface area contributed by atoms with Gasteiger partial charge in [-0.25, -0.2) is 4.98 Å². The van der Waals surface area contributed by atoms with Gasteiger partial charge in [0.1, 0.15) is 11.6 Å². The highest BCUT2D eigenvalue weighted by atomic mass is 15.3. The Balaban J connectivity index is 1.34. The molecule has 1 aromatic heterocycles. The van der Waals surface area contributed by atoms with Crippen LogP contribution in [0.5, 0.6) is 0 Å². The summed E-state index contributed by atoms with van der Waals surface area (Å²) in [5.41, 5.74) is 17.5. The Labute approximate surface area is 347 Å². The molecule has 4 heteroatoms. The van der Waals surface area contributed by atoms with Crippen molar-refractivity contribution >= 4 is 57.5 Å². The molecule has 5 aromatic carbocycles. The molecule has 2 aliphatic heterocycles. The number of hydrogen-bond acceptors (Lipinski definition) is 3. The lowest BCUT2D eigenvalue weighted by atomic mass is 9.30. The molecule has 58 heavy (non-hydrogen) atoms. The average Bonchev–Trinajstić information content (AvgIpc) is 3.20. The summed E-state index contributed by atoms with van der Waals surface area (Å²) in [4.78, 5) is 10.9. The summed E-state index contributed by atoms with van der Waals surface area (Å²) < 4.78 is 0. The van der Waals surface area contributed by atoms with Gasteiger partial charge in [0.05, 0.1) is 0 Å². The van der Waals surface area contributed by atoms with Gasteiger partial charge in [0.25, 0.3) is 0 Å². The van der Waals surface area contributed by atoms with Crippen LogP contribution in [0.25, 0.3) is 0 Å². The van der Waals surface area contributed by atoms with Gasteiger partial charge in [0.2, 0.25) is 6.71 Å². The molecule has 6 aromatic rings. The quantitative estimate of drug-likeness (QED) is 0.167. The van der Waals surface area contributed by atoms with E-state index in [1.54, 1.807) is 0 Å². The Kier molecular flexibility index (Phi) is 7.99. The van der Waals surface area contributed by atoms with Gasteiger partial charge in [-0.1, -0.05) is 147 Å². The fourth-order valence-electron chi connectivity index (χ4n) is 11.3. The SMILES string of the molecule is CC1(C)CCC(C)(C)c2cc(N3c4cc5c(cc4B4c6ccccc6C(C)(C)c6cc(N(c7ccccc7)c7ccccc7)nc3c64)C(C)(C)CCC5(C)C)ccc21. The minimum Gasteiger partial charge on any atom is -0.296 e. The molecule has 10 rings (SSSR count). The van der Waals surface area contributed by atoms with Gasteiger partial charge in [0.15, 0.2) is 0 Å². The molecule has 0 bridgehead atoms. The predicted octanol–water partition coefficient (Wildman–Crippen LogP) is 12.2. The highest BCUT2D eigenvalue weighted by Crippen LogP contribution is 2.52. The highest BCUT2D eigenvalue weighted by Gasteiger charge is 2.49. The fraction of sp³-hybridized carbons (Fsp3) is 0.352. The summed E-state index contributed by atoms with van der Waals surface area (Å²) in [5.74, 6) is 1.98. The van der Waals surface area contributed by atoms with Crippen LogP contribution in [0.2, 0.25) is 0 Å². The fourth-order valence-corrected chi connectivity index (χ4v) is 11.3. The van der Waals surface area contributed by atoms with Crippen LogP contribution in [0.15, 0.2) is 121 Å². The molecule has 0 radical (unpaired) electrons. The Hall–Kier alpha value is -5.09. The number of rotatable bonds is 4. The van der Waals surface area contributed by atoms with E-state index in [-0.39, 0.29) is 33.8 Å². The molecular weight excluding hydrogens is 701 g/mol. The van der Waals surface area contributed by atoms with Crippen LogP contribution >= 0.6 is 0 Å². The molecule has 0 amide bonds. The molecule has 3 nitrogen and oxygen atoms in total. The van der Waals surface area contributed by atoms with Gasteiger partial charge in [-0.05, 0) is 140 Å². The number of aromatic nitrogens is 1. The number of benzene rings is 5. The van der Waals surface area contributed by atoms with Crippen molar-refractivity contribution in [3.05, 3.63) is 155 Å². The molecule has 2 aliphatic carbocycles. The summed E-state index contributed by atoms with van der Waals surface area (Å²) in [6.45, 7) is 24.5. The maximum Gasteiger partial charge on any atom is 0.249 e. The number of para-hydroxylation sites is 2. The summed E-state index contributed by atoms with van der Waals surface area (Å²) in [5, 5.41) is 0. The van der Waals surface area contributed by atoms with Crippen LogP contribution in [0, 0.1) is 0 Å². The number of fused-ring (bicyclic) bond motifs is 6. The first-order valence-electron chi connectivity index (χ1n) is 21.7. The molecule has 0 saturated carbocycles. The van der Waals surface area contributed by atoms with E-state index in [1.807, 2.05) is 0 Å². The van der Waals surface area contributed by atoms with Crippen molar-refractivity contribution < 1.29 is 0 Å². The third-order valence-electron chi connectivity index (χ3n) is 15.0. The first kappa shape index (κ1) is 37.2. The zero-order valence-electron chi connectivity index (χ0n) is 36.3. The van der Waals surface area contributed by atoms with E-state index in [2.05, 4.69) is 200 Å². The number of anilines is 6. The third-order valence-corrected chi connectivity index (χ3v) is 15.0. The smallest absolute Gasteiger partial charge is 0.249 e. The van der Waals surface area contributed by atoms with Crippen molar-refractivity contribution in [2.45, 2.75) is 122 Å². The molecule has 4 aliphatic rings. The van der Waals surface area contributed by atoms with Gasteiger partial charge in [-0.2, -0.15) is 0 Å². The minimum atomic E-state index is -0.269. The lowest BCUT2D eigenvalue weighted by Crippen LogP contribution is -2.64. The molecule has 0 fully saturated rings. The normalized spacial score (nSPS) is 19.6. The van der Waals surface area contributed by atoms with Crippen LogP contribution in [0.1, 0.15) is 128 Å². The first-order chi connectivity index (χ1) is 27.5. The zero-order valence-corrected chi connectivity index (χ0v) is 36.3. The molecular formula is C54H58BN3. The molecule has 0 unspecified atom stereocenters. The van der Waals surface area contributed by atoms with Crippen LogP contribution in [-0.2, 0) is 27.1 Å². The standard InChI is InChI=1S/C54H58BN3/c1-50(2)27-28-51(3,4)40-31-37(25-26-38(40)50)58-46-33-42-41(52(5,6)29-30-53(42,7)8)32-45(46)55-44-24-18-17-23-39(44)54(9,10)43-34-47(56-49(58)48(43)55)57(35-19-13-11-14-20-35)36-21-15-12-16-22-36/h11-26,31-34H,27-30H2,1-10H3. The lowest BCUT2D eigenvalue weighted by Gasteiger charge is -2.48. The number of nitrogens with zero attached hydrogens (tertiary/aromatic N) is 3. The van der Waals surface area contributed by atoms with E-state index in [0.717, 1.165) is 23.0 Å². The maximum atomic E-state index is 5.96. The summed E-state index contributed by atoms with van der Waals surface area (Å²) in [7, 11) is 0. The lowest BCUT2D eigenvalue weighted by molar-refractivity contribution is 0.332. The van der Waals surface area contributed by atoms with Crippen LogP contribution < -0.4 is 26.2 Å². The topological polar surface area (TPSA) is 19.4 Å². The molecule has 0 saturated heterocycles. The van der Waals surface area contributed by atoms with E-state index in [0.29, 0.717) is 0 Å². The number of hydrogen-bond donors (Lipinski definition) is 0. The van der Waals surface area contributed by atoms with Gasteiger partial charge in [0, 0.05) is 28.2 Å². The van der Waals surface area contributed by atoms with Crippen molar-refractivity contribution in [1.29, 1.82) is 0 Å². The minimum absolute atomic E-state index is 0.0536. The molecule has 292 valence electrons. The van der Waals surface area contributed by atoms with Crippen LogP contribution in [0.3, 0.4) is 0 Å². The summed E-state index contributed by atoms with van der Waals surface area (Å²) >= 11 is 0. The van der Waals surface area contributed by atoms with Crippen LogP contribution in [0.4, 0.5) is 34.4 Å². The van der Waals surface area contributed by atoms with E-state index < -0.39 is 0 Å². The van der Waals surface area contributed by atoms with Gasteiger partial charge < -0.3 is 0 Å². The second-order valence-corrected chi connectivity index (χ2v) is 21.0. The third kappa shape index (κ3) is 5.43. The summed E-state index contributed by atoms with van der Waals surface area (Å²) in [6, 6.07) is 45.9. The average molecular weight is 760 g/mol. The molecule has 0 spiro atoms. The maximum absolute atomic E-state index is 5.96. The molecule has 3 heterocycles. The van der Waals surface area contributed by atoms with Gasteiger partial charge in [-0.3, -0.25) is 9.80 Å². The van der Waals surface area contributed by atoms with E-state index >= 15 is 0 Å². The van der Waals surface area contributed by atoms with Crippen molar-refractivity contribution in [2.24, 2.45) is 0 Å². The molecule has 0 atom stereocenters. The van der Waals surface area contributed by atoms with Crippen molar-refractivity contribution in [3.63, 3.8) is 0 Å². The van der Waals surface area contributed by atoms with Crippen molar-refractivity contribution in [2.75, 3.05) is 9.80 Å². The highest BCUT2D eigenvalue weighted by molar-refractivity contribution is 6.99. The monoisotopic (exact) mass is 759 g/mol. The van der Waals surface area contributed by atoms with Crippen LogP contribution in [-0.4, -0.2) is 11.7 Å². The second kappa shape index (κ2) is 12.5. The Morgan fingerprint density at radius 3 is 1.60 bits per heavy atom. The Morgan fingerprint density at radius 2 is 1.00 bits per heavy atom. The van der Waals surface area contributed by atoms with Crippen molar-refractivity contribution in [3.8, 4) is 0 Å². The van der Waals surface area contributed by atoms with Crippen molar-refractivity contribution in [1.82, 2.24) is 4.98 Å². The predicted molar refractivity (Wildman–Crippen MR) is 247 cm³/mol. The molecule has 0 N–H and O–H groups in total. The zero-order chi connectivity index (χ0) is 40.6. The Bertz CT molecular complexity index is 2580. The second-order valence-electron chi connectivity index (χ2n) is 21.0. The van der Waals surface area contributed by atoms with Gasteiger partial charge in [-0.15, -0.1) is 0 Å². The van der Waals surface area contributed by atoms with Gasteiger partial charge >= 0.3 is 0 Å². The summed E-state index contributed by atoms with van der Waals surface area (Å²) in [6.07, 6.45) is 4.71.